The fourth-order valence-electron chi connectivity index (χ4n) is 3.94. The lowest BCUT2D eigenvalue weighted by Crippen LogP contribution is -2.09. The van der Waals surface area contributed by atoms with Crippen molar-refractivity contribution in [1.82, 2.24) is 0 Å². The summed E-state index contributed by atoms with van der Waals surface area (Å²) in [5.74, 6) is 2.39. The molecule has 0 heterocycles. The summed E-state index contributed by atoms with van der Waals surface area (Å²) in [4.78, 5) is 0. The Morgan fingerprint density at radius 2 is 0.857 bits per heavy atom. The number of benzene rings is 2. The predicted octanol–water partition coefficient (Wildman–Crippen LogP) is 6.39. The highest BCUT2D eigenvalue weighted by molar-refractivity contribution is 5.77. The van der Waals surface area contributed by atoms with Crippen molar-refractivity contribution in [2.75, 3.05) is 13.2 Å². The normalized spacial score (nSPS) is 10.7. The Kier molecular flexibility index (Phi) is 14.0. The first kappa shape index (κ1) is 28.2. The monoisotopic (exact) mass is 480 g/mol. The van der Waals surface area contributed by atoms with E-state index in [2.05, 4.69) is 24.3 Å². The van der Waals surface area contributed by atoms with Crippen molar-refractivity contribution in [2.24, 2.45) is 11.5 Å². The topological polar surface area (TPSA) is 118 Å². The second kappa shape index (κ2) is 17.4. The molecule has 0 unspecified atom stereocenters. The van der Waals surface area contributed by atoms with Crippen LogP contribution in [0.1, 0.15) is 81.8 Å². The second-order valence-electron chi connectivity index (χ2n) is 9.22. The molecule has 0 fully saturated rings. The first-order valence-electron chi connectivity index (χ1n) is 13.1. The number of nitrogens with two attached hydrogens (primary N) is 2. The van der Waals surface area contributed by atoms with E-state index in [9.17, 15) is 0 Å². The standard InChI is InChI=1S/C29H44N4O2/c30-28(31)12-8-10-24-14-18-26(19-15-24)34-22-6-4-2-1-3-5-7-23-35-27-20-16-25(17-21-27)11-9-13-29(32)33/h14-21H,1-13,22-23H2,(H3,30,31)(H3,32,33). The maximum atomic E-state index is 7.27. The molecule has 0 saturated heterocycles. The maximum absolute atomic E-state index is 7.27. The molecule has 2 aromatic rings. The van der Waals surface area contributed by atoms with Gasteiger partial charge in [0.05, 0.1) is 24.9 Å². The van der Waals surface area contributed by atoms with Crippen LogP contribution in [0.25, 0.3) is 0 Å². The minimum Gasteiger partial charge on any atom is -0.494 e. The van der Waals surface area contributed by atoms with Crippen molar-refractivity contribution in [2.45, 2.75) is 83.5 Å². The van der Waals surface area contributed by atoms with Crippen LogP contribution in [0, 0.1) is 10.8 Å². The summed E-state index contributed by atoms with van der Waals surface area (Å²) in [7, 11) is 0. The molecule has 6 heteroatoms. The molecule has 0 aromatic heterocycles. The Bertz CT molecular complexity index is 778. The van der Waals surface area contributed by atoms with E-state index in [0.29, 0.717) is 12.8 Å². The Hall–Kier alpha value is -3.02. The third-order valence-electron chi connectivity index (χ3n) is 6.00. The first-order valence-corrected chi connectivity index (χ1v) is 13.1. The van der Waals surface area contributed by atoms with Crippen LogP contribution >= 0.6 is 0 Å². The van der Waals surface area contributed by atoms with E-state index in [1.807, 2.05) is 24.3 Å². The van der Waals surface area contributed by atoms with Crippen molar-refractivity contribution in [3.8, 4) is 11.5 Å². The van der Waals surface area contributed by atoms with Crippen molar-refractivity contribution in [1.29, 1.82) is 10.8 Å². The molecule has 0 radical (unpaired) electrons. The number of aryl methyl sites for hydroxylation is 2. The highest BCUT2D eigenvalue weighted by Gasteiger charge is 2.00. The van der Waals surface area contributed by atoms with Crippen LogP contribution in [0.4, 0.5) is 0 Å². The van der Waals surface area contributed by atoms with E-state index < -0.39 is 0 Å². The number of amidine groups is 2. The number of nitrogens with one attached hydrogen (secondary N) is 2. The average molecular weight is 481 g/mol. The summed E-state index contributed by atoms with van der Waals surface area (Å²) in [6, 6.07) is 16.6. The molecule has 0 aliphatic rings. The molecule has 6 N–H and O–H groups in total. The molecule has 0 aliphatic carbocycles. The zero-order chi connectivity index (χ0) is 25.1. The van der Waals surface area contributed by atoms with E-state index in [1.165, 1.54) is 43.2 Å². The lowest BCUT2D eigenvalue weighted by molar-refractivity contribution is 0.299. The molecule has 2 aromatic carbocycles. The van der Waals surface area contributed by atoms with Gasteiger partial charge in [0.25, 0.3) is 0 Å². The fourth-order valence-corrected chi connectivity index (χ4v) is 3.94. The van der Waals surface area contributed by atoms with Crippen LogP contribution in [-0.4, -0.2) is 24.9 Å². The van der Waals surface area contributed by atoms with Gasteiger partial charge in [0.15, 0.2) is 0 Å². The van der Waals surface area contributed by atoms with E-state index >= 15 is 0 Å². The van der Waals surface area contributed by atoms with Gasteiger partial charge >= 0.3 is 0 Å². The predicted molar refractivity (Wildman–Crippen MR) is 146 cm³/mol. The summed E-state index contributed by atoms with van der Waals surface area (Å²) in [5, 5.41) is 14.5. The van der Waals surface area contributed by atoms with Gasteiger partial charge in [-0.05, 0) is 73.9 Å². The largest absolute Gasteiger partial charge is 0.494 e. The van der Waals surface area contributed by atoms with Crippen LogP contribution in [0.3, 0.4) is 0 Å². The van der Waals surface area contributed by atoms with Crippen molar-refractivity contribution >= 4 is 11.7 Å². The van der Waals surface area contributed by atoms with E-state index in [4.69, 9.17) is 31.8 Å². The van der Waals surface area contributed by atoms with Crippen LogP contribution in [0.2, 0.25) is 0 Å². The van der Waals surface area contributed by atoms with Crippen LogP contribution in [-0.2, 0) is 12.8 Å². The molecule has 0 amide bonds. The highest BCUT2D eigenvalue weighted by atomic mass is 16.5. The van der Waals surface area contributed by atoms with Gasteiger partial charge in [-0.3, -0.25) is 10.8 Å². The third-order valence-corrected chi connectivity index (χ3v) is 6.00. The zero-order valence-electron chi connectivity index (χ0n) is 21.2. The number of hydrogen-bond acceptors (Lipinski definition) is 4. The number of unbranched alkanes of at least 4 members (excludes halogenated alkanes) is 6. The highest BCUT2D eigenvalue weighted by Crippen LogP contribution is 2.16. The smallest absolute Gasteiger partial charge is 0.119 e. The first-order chi connectivity index (χ1) is 17.0. The molecule has 0 spiro atoms. The van der Waals surface area contributed by atoms with Crippen molar-refractivity contribution < 1.29 is 9.47 Å². The minimum absolute atomic E-state index is 0.260. The molecule has 6 nitrogen and oxygen atoms in total. The summed E-state index contributed by atoms with van der Waals surface area (Å²) >= 11 is 0. The summed E-state index contributed by atoms with van der Waals surface area (Å²) in [6.07, 6.45) is 13.4. The second-order valence-corrected chi connectivity index (χ2v) is 9.22. The van der Waals surface area contributed by atoms with Crippen LogP contribution in [0.15, 0.2) is 48.5 Å². The molecule has 0 saturated carbocycles. The Balaban J connectivity index is 1.40. The maximum Gasteiger partial charge on any atom is 0.119 e. The van der Waals surface area contributed by atoms with Crippen LogP contribution < -0.4 is 20.9 Å². The molecule has 0 aliphatic heterocycles. The molecule has 0 atom stereocenters. The van der Waals surface area contributed by atoms with E-state index in [0.717, 1.165) is 63.2 Å². The molecule has 2 rings (SSSR count). The quantitative estimate of drug-likeness (QED) is 0.0997. The lowest BCUT2D eigenvalue weighted by Gasteiger charge is -2.08. The summed E-state index contributed by atoms with van der Waals surface area (Å²) in [5.41, 5.74) is 13.3. The third kappa shape index (κ3) is 14.1. The van der Waals surface area contributed by atoms with Crippen molar-refractivity contribution in [3.05, 3.63) is 59.7 Å². The van der Waals surface area contributed by atoms with Gasteiger partial charge < -0.3 is 20.9 Å². The van der Waals surface area contributed by atoms with Crippen molar-refractivity contribution in [3.63, 3.8) is 0 Å². The molecular formula is C29H44N4O2. The summed E-state index contributed by atoms with van der Waals surface area (Å²) < 4.78 is 11.7. The SMILES string of the molecule is N=C(N)CCCc1ccc(OCCCCCCCCCOc2ccc(CCCC(=N)N)cc2)cc1. The average Bonchev–Trinajstić information content (AvgIpc) is 2.84. The number of ether oxygens (including phenoxy) is 2. The van der Waals surface area contributed by atoms with Gasteiger partial charge in [-0.2, -0.15) is 0 Å². The van der Waals surface area contributed by atoms with Gasteiger partial charge in [-0.25, -0.2) is 0 Å². The number of hydrogen-bond donors (Lipinski definition) is 4. The summed E-state index contributed by atoms with van der Waals surface area (Å²) in [6.45, 7) is 1.54. The Labute approximate surface area is 211 Å². The minimum atomic E-state index is 0.260. The molecule has 192 valence electrons. The Morgan fingerprint density at radius 1 is 0.514 bits per heavy atom. The van der Waals surface area contributed by atoms with Gasteiger partial charge in [-0.15, -0.1) is 0 Å². The van der Waals surface area contributed by atoms with Gasteiger partial charge in [0, 0.05) is 12.8 Å². The van der Waals surface area contributed by atoms with E-state index in [1.54, 1.807) is 0 Å². The van der Waals surface area contributed by atoms with Gasteiger partial charge in [-0.1, -0.05) is 56.4 Å². The molecular weight excluding hydrogens is 436 g/mol. The Morgan fingerprint density at radius 3 is 1.20 bits per heavy atom. The zero-order valence-corrected chi connectivity index (χ0v) is 21.2. The fraction of sp³-hybridized carbons (Fsp3) is 0.517. The molecule has 0 bridgehead atoms. The molecule has 35 heavy (non-hydrogen) atoms. The van der Waals surface area contributed by atoms with Gasteiger partial charge in [0.1, 0.15) is 11.5 Å². The van der Waals surface area contributed by atoms with Crippen LogP contribution in [0.5, 0.6) is 11.5 Å². The van der Waals surface area contributed by atoms with E-state index in [-0.39, 0.29) is 11.7 Å². The van der Waals surface area contributed by atoms with Gasteiger partial charge in [0.2, 0.25) is 0 Å². The number of rotatable bonds is 20. The lowest BCUT2D eigenvalue weighted by atomic mass is 10.1.